The molecule has 0 aliphatic rings. The first-order chi connectivity index (χ1) is 17.4. The monoisotopic (exact) mass is 484 g/mol. The zero-order valence-electron chi connectivity index (χ0n) is 21.2. The Kier molecular flexibility index (Phi) is 9.53. The molecule has 0 unspecified atom stereocenters. The summed E-state index contributed by atoms with van der Waals surface area (Å²) in [5, 5.41) is 12.3. The number of hydrogen-bond acceptors (Lipinski definition) is 5. The van der Waals surface area contributed by atoms with Gasteiger partial charge < -0.3 is 19.5 Å². The highest BCUT2D eigenvalue weighted by atomic mass is 16.5. The molecule has 0 saturated carbocycles. The molecule has 0 aromatic heterocycles. The average Bonchev–Trinajstić information content (AvgIpc) is 2.89. The van der Waals surface area contributed by atoms with Crippen molar-refractivity contribution < 1.29 is 19.0 Å². The van der Waals surface area contributed by atoms with E-state index >= 15 is 0 Å². The normalized spacial score (nSPS) is 11.8. The summed E-state index contributed by atoms with van der Waals surface area (Å²) in [7, 11) is 1.54. The van der Waals surface area contributed by atoms with E-state index in [2.05, 4.69) is 31.3 Å². The number of nitrogens with zero attached hydrogens (tertiary/aromatic N) is 1. The van der Waals surface area contributed by atoms with Crippen molar-refractivity contribution in [2.45, 2.75) is 33.1 Å². The summed E-state index contributed by atoms with van der Waals surface area (Å²) in [4.78, 5) is 12.6. The van der Waals surface area contributed by atoms with E-state index in [-0.39, 0.29) is 5.57 Å². The van der Waals surface area contributed by atoms with Crippen LogP contribution in [0.3, 0.4) is 0 Å². The standard InChI is InChI=1S/C30H32N2O4/c1-5-22(3)24-10-12-27(13-11-24)35-15-16-36-28-14-9-23(19-29(28)34-4)18-25(20-31)30(33)32-26-8-6-7-21(2)17-26/h6-14,17-19,22H,5,15-16H2,1-4H3,(H,32,33)/b25-18+/t22-/m0/s1. The summed E-state index contributed by atoms with van der Waals surface area (Å²) in [5.74, 6) is 1.90. The van der Waals surface area contributed by atoms with E-state index < -0.39 is 5.91 Å². The van der Waals surface area contributed by atoms with E-state index in [1.807, 2.05) is 43.3 Å². The maximum Gasteiger partial charge on any atom is 0.266 e. The zero-order valence-corrected chi connectivity index (χ0v) is 21.2. The van der Waals surface area contributed by atoms with Crippen LogP contribution in [0.25, 0.3) is 6.08 Å². The van der Waals surface area contributed by atoms with Crippen LogP contribution in [0.5, 0.6) is 17.2 Å². The number of aryl methyl sites for hydroxylation is 1. The number of ether oxygens (including phenoxy) is 3. The second kappa shape index (κ2) is 13.0. The molecule has 3 aromatic carbocycles. The van der Waals surface area contributed by atoms with Crippen molar-refractivity contribution >= 4 is 17.7 Å². The van der Waals surface area contributed by atoms with Gasteiger partial charge in [-0.1, -0.05) is 44.2 Å². The number of carbonyl (C=O) groups is 1. The molecule has 1 amide bonds. The smallest absolute Gasteiger partial charge is 0.266 e. The van der Waals surface area contributed by atoms with Crippen LogP contribution in [0.15, 0.2) is 72.3 Å². The fourth-order valence-corrected chi connectivity index (χ4v) is 3.57. The molecule has 3 aromatic rings. The van der Waals surface area contributed by atoms with Crippen molar-refractivity contribution in [3.8, 4) is 23.3 Å². The van der Waals surface area contributed by atoms with Crippen LogP contribution >= 0.6 is 0 Å². The SMILES string of the molecule is CC[C@H](C)c1ccc(OCCOc2ccc(/C=C(\C#N)C(=O)Nc3cccc(C)c3)cc2OC)cc1. The molecule has 1 N–H and O–H groups in total. The van der Waals surface area contributed by atoms with Crippen LogP contribution in [0.2, 0.25) is 0 Å². The molecule has 0 saturated heterocycles. The predicted molar refractivity (Wildman–Crippen MR) is 143 cm³/mol. The molecule has 0 radical (unpaired) electrons. The highest BCUT2D eigenvalue weighted by Gasteiger charge is 2.12. The number of amides is 1. The molecule has 1 atom stereocenters. The maximum absolute atomic E-state index is 12.6. The quantitative estimate of drug-likeness (QED) is 0.190. The predicted octanol–water partition coefficient (Wildman–Crippen LogP) is 6.52. The van der Waals surface area contributed by atoms with Crippen LogP contribution in [0.4, 0.5) is 5.69 Å². The molecule has 186 valence electrons. The van der Waals surface area contributed by atoms with Crippen molar-refractivity contribution in [3.05, 3.63) is 89.0 Å². The van der Waals surface area contributed by atoms with Crippen molar-refractivity contribution in [2.75, 3.05) is 25.6 Å². The van der Waals surface area contributed by atoms with E-state index in [0.29, 0.717) is 41.9 Å². The molecule has 0 aliphatic heterocycles. The number of benzene rings is 3. The second-order valence-corrected chi connectivity index (χ2v) is 8.48. The van der Waals surface area contributed by atoms with Crippen LogP contribution in [-0.4, -0.2) is 26.2 Å². The van der Waals surface area contributed by atoms with Gasteiger partial charge in [-0.05, 0) is 78.4 Å². The Bertz CT molecular complexity index is 1240. The van der Waals surface area contributed by atoms with Gasteiger partial charge in [0.25, 0.3) is 5.91 Å². The molecule has 0 spiro atoms. The number of rotatable bonds is 11. The van der Waals surface area contributed by atoms with Crippen molar-refractivity contribution in [2.24, 2.45) is 0 Å². The van der Waals surface area contributed by atoms with E-state index in [9.17, 15) is 10.1 Å². The van der Waals surface area contributed by atoms with E-state index in [1.165, 1.54) is 11.6 Å². The molecule has 0 aliphatic carbocycles. The van der Waals surface area contributed by atoms with Gasteiger partial charge in [-0.25, -0.2) is 0 Å². The lowest BCUT2D eigenvalue weighted by Gasteiger charge is -2.13. The number of methoxy groups -OCH3 is 1. The topological polar surface area (TPSA) is 80.6 Å². The van der Waals surface area contributed by atoms with Gasteiger partial charge in [0.05, 0.1) is 7.11 Å². The third-order valence-corrected chi connectivity index (χ3v) is 5.81. The largest absolute Gasteiger partial charge is 0.493 e. The molecule has 0 fully saturated rings. The third-order valence-electron chi connectivity index (χ3n) is 5.81. The minimum Gasteiger partial charge on any atom is -0.493 e. The summed E-state index contributed by atoms with van der Waals surface area (Å²) < 4.78 is 17.1. The van der Waals surface area contributed by atoms with E-state index in [0.717, 1.165) is 17.7 Å². The maximum atomic E-state index is 12.6. The molecule has 0 heterocycles. The first-order valence-electron chi connectivity index (χ1n) is 12.0. The number of carbonyl (C=O) groups excluding carboxylic acids is 1. The average molecular weight is 485 g/mol. The number of nitrogens with one attached hydrogen (secondary N) is 1. The van der Waals surface area contributed by atoms with Crippen molar-refractivity contribution in [1.82, 2.24) is 0 Å². The summed E-state index contributed by atoms with van der Waals surface area (Å²) in [5.41, 5.74) is 3.58. The Labute approximate surface area is 213 Å². The summed E-state index contributed by atoms with van der Waals surface area (Å²) >= 11 is 0. The van der Waals surface area contributed by atoms with E-state index in [1.54, 1.807) is 31.4 Å². The van der Waals surface area contributed by atoms with Crippen molar-refractivity contribution in [1.29, 1.82) is 5.26 Å². The lowest BCUT2D eigenvalue weighted by Crippen LogP contribution is -2.13. The Morgan fingerprint density at radius 2 is 1.78 bits per heavy atom. The summed E-state index contributed by atoms with van der Waals surface area (Å²) in [6.45, 7) is 7.03. The number of hydrogen-bond donors (Lipinski definition) is 1. The Hall–Kier alpha value is -4.24. The molecule has 6 heteroatoms. The van der Waals surface area contributed by atoms with Gasteiger partial charge >= 0.3 is 0 Å². The lowest BCUT2D eigenvalue weighted by molar-refractivity contribution is -0.112. The summed E-state index contributed by atoms with van der Waals surface area (Å²) in [6.07, 6.45) is 2.62. The van der Waals surface area contributed by atoms with Crippen LogP contribution < -0.4 is 19.5 Å². The first-order valence-corrected chi connectivity index (χ1v) is 12.0. The highest BCUT2D eigenvalue weighted by molar-refractivity contribution is 6.09. The van der Waals surface area contributed by atoms with Crippen molar-refractivity contribution in [3.63, 3.8) is 0 Å². The molecule has 36 heavy (non-hydrogen) atoms. The minimum atomic E-state index is -0.475. The third kappa shape index (κ3) is 7.38. The molecular weight excluding hydrogens is 452 g/mol. The Morgan fingerprint density at radius 3 is 2.44 bits per heavy atom. The first kappa shape index (κ1) is 26.4. The lowest BCUT2D eigenvalue weighted by atomic mass is 9.99. The number of nitriles is 1. The van der Waals surface area contributed by atoms with Gasteiger partial charge in [0.1, 0.15) is 30.6 Å². The van der Waals surface area contributed by atoms with Gasteiger partial charge in [0.2, 0.25) is 0 Å². The van der Waals surface area contributed by atoms with Gasteiger partial charge in [-0.2, -0.15) is 5.26 Å². The molecule has 6 nitrogen and oxygen atoms in total. The van der Waals surface area contributed by atoms with Crippen LogP contribution in [-0.2, 0) is 4.79 Å². The van der Waals surface area contributed by atoms with Crippen LogP contribution in [0.1, 0.15) is 42.9 Å². The van der Waals surface area contributed by atoms with Gasteiger partial charge in [0, 0.05) is 5.69 Å². The Morgan fingerprint density at radius 1 is 1.03 bits per heavy atom. The second-order valence-electron chi connectivity index (χ2n) is 8.48. The fourth-order valence-electron chi connectivity index (χ4n) is 3.57. The minimum absolute atomic E-state index is 0.0139. The zero-order chi connectivity index (χ0) is 25.9. The van der Waals surface area contributed by atoms with Gasteiger partial charge in [0.15, 0.2) is 11.5 Å². The molecule has 3 rings (SSSR count). The highest BCUT2D eigenvalue weighted by Crippen LogP contribution is 2.29. The number of anilines is 1. The Balaban J connectivity index is 1.59. The molecular formula is C30H32N2O4. The summed E-state index contributed by atoms with van der Waals surface area (Å²) in [6, 6.07) is 22.7. The van der Waals surface area contributed by atoms with Crippen LogP contribution in [0, 0.1) is 18.3 Å². The fraction of sp³-hybridized carbons (Fsp3) is 0.267. The van der Waals surface area contributed by atoms with Gasteiger partial charge in [-0.3, -0.25) is 4.79 Å². The van der Waals surface area contributed by atoms with Gasteiger partial charge in [-0.15, -0.1) is 0 Å². The van der Waals surface area contributed by atoms with E-state index in [4.69, 9.17) is 14.2 Å². The molecule has 0 bridgehead atoms.